The minimum Gasteiger partial charge on any atom is -0.487 e. The van der Waals surface area contributed by atoms with Crippen LogP contribution in [0.2, 0.25) is 0 Å². The highest BCUT2D eigenvalue weighted by molar-refractivity contribution is 7.89. The van der Waals surface area contributed by atoms with E-state index in [-0.39, 0.29) is 12.1 Å². The number of ether oxygens (including phenoxy) is 2. The highest BCUT2D eigenvalue weighted by Gasteiger charge is 2.42. The molecule has 28 heavy (non-hydrogen) atoms. The summed E-state index contributed by atoms with van der Waals surface area (Å²) in [4.78, 5) is 2.67. The van der Waals surface area contributed by atoms with E-state index in [1.165, 1.54) is 0 Å². The molecule has 2 aliphatic rings. The van der Waals surface area contributed by atoms with Crippen LogP contribution in [0.3, 0.4) is 0 Å². The van der Waals surface area contributed by atoms with Gasteiger partial charge in [0.1, 0.15) is 16.7 Å². The van der Waals surface area contributed by atoms with Gasteiger partial charge in [0.2, 0.25) is 10.0 Å². The van der Waals surface area contributed by atoms with Gasteiger partial charge in [-0.25, -0.2) is 8.42 Å². The molecule has 6 nitrogen and oxygen atoms in total. The quantitative estimate of drug-likeness (QED) is 0.647. The molecule has 0 aromatic heterocycles. The predicted molar refractivity (Wildman–Crippen MR) is 110 cm³/mol. The molecule has 0 unspecified atom stereocenters. The third-order valence-corrected chi connectivity index (χ3v) is 7.63. The summed E-state index contributed by atoms with van der Waals surface area (Å²) >= 11 is 0. The van der Waals surface area contributed by atoms with E-state index in [0.717, 1.165) is 45.5 Å². The van der Waals surface area contributed by atoms with Crippen LogP contribution in [0, 0.1) is 5.92 Å². The lowest BCUT2D eigenvalue weighted by Crippen LogP contribution is -2.47. The molecule has 2 aliphatic heterocycles. The van der Waals surface area contributed by atoms with Gasteiger partial charge in [0.05, 0.1) is 12.6 Å². The molecule has 1 aromatic rings. The first-order valence-corrected chi connectivity index (χ1v) is 11.9. The molecular formula is C21H34N2O4S. The van der Waals surface area contributed by atoms with Crippen LogP contribution in [-0.2, 0) is 14.8 Å². The Bertz CT molecular complexity index is 738. The lowest BCUT2D eigenvalue weighted by molar-refractivity contribution is 0.107. The molecule has 158 valence electrons. The van der Waals surface area contributed by atoms with E-state index in [2.05, 4.69) is 18.7 Å². The van der Waals surface area contributed by atoms with Gasteiger partial charge < -0.3 is 14.4 Å². The normalized spacial score (nSPS) is 25.4. The zero-order valence-electron chi connectivity index (χ0n) is 17.3. The van der Waals surface area contributed by atoms with Gasteiger partial charge in [-0.1, -0.05) is 26.0 Å². The molecule has 1 fully saturated rings. The summed E-state index contributed by atoms with van der Waals surface area (Å²) in [5.74, 6) is 0.939. The number of likely N-dealkylation sites (tertiary alicyclic amines) is 1. The van der Waals surface area contributed by atoms with Gasteiger partial charge in [-0.2, -0.15) is 4.31 Å². The molecule has 0 spiro atoms. The van der Waals surface area contributed by atoms with Crippen molar-refractivity contribution in [3.05, 3.63) is 24.3 Å². The summed E-state index contributed by atoms with van der Waals surface area (Å²) < 4.78 is 40.6. The lowest BCUT2D eigenvalue weighted by atomic mass is 10.0. The Morgan fingerprint density at radius 1 is 1.18 bits per heavy atom. The Morgan fingerprint density at radius 3 is 2.68 bits per heavy atom. The molecule has 0 bridgehead atoms. The van der Waals surface area contributed by atoms with Crippen LogP contribution >= 0.6 is 0 Å². The number of sulfonamides is 1. The lowest BCUT2D eigenvalue weighted by Gasteiger charge is -2.32. The maximum Gasteiger partial charge on any atom is 0.247 e. The molecule has 0 amide bonds. The Balaban J connectivity index is 1.87. The molecule has 1 saturated heterocycles. The number of hydrogen-bond acceptors (Lipinski definition) is 5. The number of rotatable bonds is 7. The van der Waals surface area contributed by atoms with Gasteiger partial charge in [-0.3, -0.25) is 0 Å². The fraction of sp³-hybridized carbons (Fsp3) is 0.714. The Kier molecular flexibility index (Phi) is 7.36. The second-order valence-electron chi connectivity index (χ2n) is 8.08. The van der Waals surface area contributed by atoms with Crippen LogP contribution < -0.4 is 4.74 Å². The standard InChI is InChI=1S/C21H34N2O4S/c1-4-26-16-15-22-12-10-18-19(11-13-22)27-20-7-5-6-8-21(20)28(24,25)23(18)14-9-17(2)3/h5-8,17-19H,4,9-16H2,1-3H3/t18-,19-/m1/s1. The first kappa shape index (κ1) is 21.6. The summed E-state index contributed by atoms with van der Waals surface area (Å²) in [7, 11) is -3.57. The van der Waals surface area contributed by atoms with Crippen LogP contribution in [-0.4, -0.2) is 69.2 Å². The summed E-state index contributed by atoms with van der Waals surface area (Å²) in [6.45, 7) is 10.9. The van der Waals surface area contributed by atoms with Crippen molar-refractivity contribution in [1.29, 1.82) is 0 Å². The zero-order valence-corrected chi connectivity index (χ0v) is 18.2. The van der Waals surface area contributed by atoms with Gasteiger partial charge in [-0.15, -0.1) is 0 Å². The minimum atomic E-state index is -3.57. The van der Waals surface area contributed by atoms with Crippen molar-refractivity contribution in [2.75, 3.05) is 39.4 Å². The number of para-hydroxylation sites is 1. The molecule has 2 heterocycles. The van der Waals surface area contributed by atoms with Crippen molar-refractivity contribution in [3.63, 3.8) is 0 Å². The number of fused-ring (bicyclic) bond motifs is 2. The van der Waals surface area contributed by atoms with E-state index in [4.69, 9.17) is 9.47 Å². The minimum absolute atomic E-state index is 0.123. The third kappa shape index (κ3) is 4.87. The van der Waals surface area contributed by atoms with Gasteiger partial charge in [-0.05, 0) is 50.8 Å². The van der Waals surface area contributed by atoms with E-state index in [9.17, 15) is 8.42 Å². The summed E-state index contributed by atoms with van der Waals surface area (Å²) in [6.07, 6.45) is 2.32. The molecule has 0 aliphatic carbocycles. The number of hydrogen-bond donors (Lipinski definition) is 0. The van der Waals surface area contributed by atoms with Crippen molar-refractivity contribution in [2.24, 2.45) is 5.92 Å². The summed E-state index contributed by atoms with van der Waals surface area (Å²) in [5, 5.41) is 0. The fourth-order valence-electron chi connectivity index (χ4n) is 4.04. The van der Waals surface area contributed by atoms with Crippen molar-refractivity contribution in [1.82, 2.24) is 9.21 Å². The van der Waals surface area contributed by atoms with E-state index in [1.54, 1.807) is 22.5 Å². The topological polar surface area (TPSA) is 59.1 Å². The number of benzene rings is 1. The van der Waals surface area contributed by atoms with Crippen LogP contribution in [0.5, 0.6) is 5.75 Å². The molecule has 0 saturated carbocycles. The average Bonchev–Trinajstić information content (AvgIpc) is 2.89. The average molecular weight is 411 g/mol. The van der Waals surface area contributed by atoms with Crippen molar-refractivity contribution < 1.29 is 17.9 Å². The van der Waals surface area contributed by atoms with Gasteiger partial charge >= 0.3 is 0 Å². The smallest absolute Gasteiger partial charge is 0.247 e. The molecular weight excluding hydrogens is 376 g/mol. The molecule has 0 N–H and O–H groups in total. The van der Waals surface area contributed by atoms with E-state index in [0.29, 0.717) is 29.7 Å². The van der Waals surface area contributed by atoms with E-state index < -0.39 is 10.0 Å². The second kappa shape index (κ2) is 9.57. The molecule has 0 radical (unpaired) electrons. The van der Waals surface area contributed by atoms with Gasteiger partial charge in [0.15, 0.2) is 0 Å². The Labute approximate surface area is 169 Å². The molecule has 3 rings (SSSR count). The molecule has 2 atom stereocenters. The SMILES string of the molecule is CCOCCN1CC[C@@H]2[C@@H](CC1)Oc1ccccc1S(=O)(=O)N2CCC(C)C. The highest BCUT2D eigenvalue weighted by Crippen LogP contribution is 2.36. The van der Waals surface area contributed by atoms with Gasteiger partial charge in [0.25, 0.3) is 0 Å². The second-order valence-corrected chi connectivity index (χ2v) is 9.94. The number of nitrogens with zero attached hydrogens (tertiary/aromatic N) is 2. The van der Waals surface area contributed by atoms with Crippen LogP contribution in [0.25, 0.3) is 0 Å². The van der Waals surface area contributed by atoms with Crippen LogP contribution in [0.15, 0.2) is 29.2 Å². The summed E-state index contributed by atoms with van der Waals surface area (Å²) in [6, 6.07) is 6.95. The van der Waals surface area contributed by atoms with Crippen molar-refractivity contribution in [2.45, 2.75) is 57.1 Å². The monoisotopic (exact) mass is 410 g/mol. The molecule has 1 aromatic carbocycles. The zero-order chi connectivity index (χ0) is 20.1. The summed E-state index contributed by atoms with van der Waals surface area (Å²) in [5.41, 5.74) is 0. The van der Waals surface area contributed by atoms with Crippen molar-refractivity contribution >= 4 is 10.0 Å². The maximum absolute atomic E-state index is 13.5. The van der Waals surface area contributed by atoms with E-state index >= 15 is 0 Å². The van der Waals surface area contributed by atoms with Crippen LogP contribution in [0.4, 0.5) is 0 Å². The molecule has 7 heteroatoms. The predicted octanol–water partition coefficient (Wildman–Crippen LogP) is 2.99. The van der Waals surface area contributed by atoms with Gasteiger partial charge in [0, 0.05) is 26.2 Å². The first-order chi connectivity index (χ1) is 13.4. The highest BCUT2D eigenvalue weighted by atomic mass is 32.2. The Morgan fingerprint density at radius 2 is 1.93 bits per heavy atom. The Hall–Kier alpha value is -1.15. The third-order valence-electron chi connectivity index (χ3n) is 5.67. The maximum atomic E-state index is 13.5. The van der Waals surface area contributed by atoms with E-state index in [1.807, 2.05) is 13.0 Å². The fourth-order valence-corrected chi connectivity index (χ4v) is 5.86. The largest absolute Gasteiger partial charge is 0.487 e. The first-order valence-electron chi connectivity index (χ1n) is 10.5. The van der Waals surface area contributed by atoms with Crippen molar-refractivity contribution in [3.8, 4) is 5.75 Å². The van der Waals surface area contributed by atoms with Crippen LogP contribution in [0.1, 0.15) is 40.0 Å².